The van der Waals surface area contributed by atoms with Gasteiger partial charge in [0.2, 0.25) is 11.8 Å². The molecule has 23 heavy (non-hydrogen) atoms. The second-order valence-electron chi connectivity index (χ2n) is 6.57. The van der Waals surface area contributed by atoms with E-state index in [4.69, 9.17) is 0 Å². The number of nitrogens with one attached hydrogen (secondary N) is 1. The van der Waals surface area contributed by atoms with Crippen LogP contribution >= 0.6 is 0 Å². The van der Waals surface area contributed by atoms with E-state index < -0.39 is 0 Å². The van der Waals surface area contributed by atoms with Crippen molar-refractivity contribution >= 4 is 11.8 Å². The molecule has 1 aliphatic heterocycles. The first-order valence-electron chi connectivity index (χ1n) is 8.44. The van der Waals surface area contributed by atoms with Crippen LogP contribution in [0.25, 0.3) is 0 Å². The predicted molar refractivity (Wildman–Crippen MR) is 84.9 cm³/mol. The van der Waals surface area contributed by atoms with Crippen LogP contribution in [0.3, 0.4) is 0 Å². The zero-order valence-electron chi connectivity index (χ0n) is 13.3. The van der Waals surface area contributed by atoms with Crippen LogP contribution < -0.4 is 5.32 Å². The predicted octanol–water partition coefficient (Wildman–Crippen LogP) is 2.48. The molecule has 2 aliphatic rings. The SMILES string of the molecule is O=C(NCc1ccc(F)cc1)C1CCN(C(=O)C2CCC2)CC1. The molecular formula is C18H23FN2O2. The van der Waals surface area contributed by atoms with Gasteiger partial charge in [-0.25, -0.2) is 4.39 Å². The fraction of sp³-hybridized carbons (Fsp3) is 0.556. The Morgan fingerprint density at radius 3 is 2.26 bits per heavy atom. The summed E-state index contributed by atoms with van der Waals surface area (Å²) in [5.74, 6) is 0.245. The number of halogens is 1. The van der Waals surface area contributed by atoms with Crippen molar-refractivity contribution in [3.05, 3.63) is 35.6 Å². The van der Waals surface area contributed by atoms with Gasteiger partial charge >= 0.3 is 0 Å². The smallest absolute Gasteiger partial charge is 0.225 e. The van der Waals surface area contributed by atoms with Crippen molar-refractivity contribution in [2.45, 2.75) is 38.6 Å². The quantitative estimate of drug-likeness (QED) is 0.927. The summed E-state index contributed by atoms with van der Waals surface area (Å²) >= 11 is 0. The van der Waals surface area contributed by atoms with Gasteiger partial charge in [0.05, 0.1) is 0 Å². The largest absolute Gasteiger partial charge is 0.352 e. The second kappa shape index (κ2) is 7.11. The summed E-state index contributed by atoms with van der Waals surface area (Å²) in [4.78, 5) is 26.3. The zero-order chi connectivity index (χ0) is 16.2. The number of carbonyl (C=O) groups excluding carboxylic acids is 2. The minimum atomic E-state index is -0.274. The molecule has 4 nitrogen and oxygen atoms in total. The molecule has 124 valence electrons. The summed E-state index contributed by atoms with van der Waals surface area (Å²) in [6.45, 7) is 1.79. The number of carbonyl (C=O) groups is 2. The number of nitrogens with zero attached hydrogens (tertiary/aromatic N) is 1. The lowest BCUT2D eigenvalue weighted by Gasteiger charge is -2.36. The molecule has 0 unspecified atom stereocenters. The third-order valence-electron chi connectivity index (χ3n) is 5.01. The number of hydrogen-bond donors (Lipinski definition) is 1. The summed E-state index contributed by atoms with van der Waals surface area (Å²) in [7, 11) is 0. The van der Waals surface area contributed by atoms with Gasteiger partial charge in [-0.2, -0.15) is 0 Å². The minimum Gasteiger partial charge on any atom is -0.352 e. The Labute approximate surface area is 136 Å². The van der Waals surface area contributed by atoms with Gasteiger partial charge in [0.15, 0.2) is 0 Å². The van der Waals surface area contributed by atoms with Gasteiger partial charge in [-0.1, -0.05) is 18.6 Å². The summed E-state index contributed by atoms with van der Waals surface area (Å²) in [5.41, 5.74) is 0.886. The van der Waals surface area contributed by atoms with Crippen LogP contribution in [0.4, 0.5) is 4.39 Å². The highest BCUT2D eigenvalue weighted by Gasteiger charge is 2.33. The number of rotatable bonds is 4. The van der Waals surface area contributed by atoms with Crippen LogP contribution in [0.1, 0.15) is 37.7 Å². The molecule has 1 aliphatic carbocycles. The van der Waals surface area contributed by atoms with Gasteiger partial charge in [-0.3, -0.25) is 9.59 Å². The van der Waals surface area contributed by atoms with E-state index in [1.54, 1.807) is 12.1 Å². The standard InChI is InChI=1S/C18H23FN2O2/c19-16-6-4-13(5-7-16)12-20-17(22)14-8-10-21(11-9-14)18(23)15-2-1-3-15/h4-7,14-15H,1-3,8-12H2,(H,20,22). The molecule has 0 bridgehead atoms. The lowest BCUT2D eigenvalue weighted by atomic mass is 9.83. The van der Waals surface area contributed by atoms with Crippen molar-refractivity contribution in [3.8, 4) is 0 Å². The molecule has 3 rings (SSSR count). The Balaban J connectivity index is 1.42. The lowest BCUT2D eigenvalue weighted by molar-refractivity contribution is -0.141. The van der Waals surface area contributed by atoms with Crippen molar-refractivity contribution in [2.75, 3.05) is 13.1 Å². The highest BCUT2D eigenvalue weighted by molar-refractivity contribution is 5.81. The first-order valence-corrected chi connectivity index (χ1v) is 8.44. The molecule has 0 aromatic heterocycles. The Hall–Kier alpha value is -1.91. The van der Waals surface area contributed by atoms with Crippen LogP contribution in [-0.4, -0.2) is 29.8 Å². The molecule has 0 atom stereocenters. The zero-order valence-corrected chi connectivity index (χ0v) is 13.3. The van der Waals surface area contributed by atoms with E-state index >= 15 is 0 Å². The Morgan fingerprint density at radius 2 is 1.70 bits per heavy atom. The highest BCUT2D eigenvalue weighted by atomic mass is 19.1. The van der Waals surface area contributed by atoms with Crippen LogP contribution in [0.5, 0.6) is 0 Å². The van der Waals surface area contributed by atoms with Crippen LogP contribution in [-0.2, 0) is 16.1 Å². The number of hydrogen-bond acceptors (Lipinski definition) is 2. The van der Waals surface area contributed by atoms with Crippen molar-refractivity contribution in [2.24, 2.45) is 11.8 Å². The topological polar surface area (TPSA) is 49.4 Å². The van der Waals surface area contributed by atoms with Gasteiger partial charge in [0.1, 0.15) is 5.82 Å². The average molecular weight is 318 g/mol. The third-order valence-corrected chi connectivity index (χ3v) is 5.01. The maximum absolute atomic E-state index is 12.8. The van der Waals surface area contributed by atoms with Gasteiger partial charge < -0.3 is 10.2 Å². The molecule has 1 heterocycles. The van der Waals surface area contributed by atoms with E-state index in [0.29, 0.717) is 19.6 Å². The average Bonchev–Trinajstić information content (AvgIpc) is 2.52. The van der Waals surface area contributed by atoms with E-state index in [9.17, 15) is 14.0 Å². The number of benzene rings is 1. The minimum absolute atomic E-state index is 0.0270. The molecule has 1 saturated heterocycles. The maximum Gasteiger partial charge on any atom is 0.225 e. The summed E-state index contributed by atoms with van der Waals surface area (Å²) in [5, 5.41) is 2.91. The molecule has 2 amide bonds. The monoisotopic (exact) mass is 318 g/mol. The Morgan fingerprint density at radius 1 is 1.04 bits per heavy atom. The number of likely N-dealkylation sites (tertiary alicyclic amines) is 1. The van der Waals surface area contributed by atoms with Crippen molar-refractivity contribution in [1.82, 2.24) is 10.2 Å². The highest BCUT2D eigenvalue weighted by Crippen LogP contribution is 2.30. The van der Waals surface area contributed by atoms with Crippen molar-refractivity contribution < 1.29 is 14.0 Å². The van der Waals surface area contributed by atoms with E-state index in [2.05, 4.69) is 5.32 Å². The molecule has 2 fully saturated rings. The van der Waals surface area contributed by atoms with Gasteiger partial charge in [-0.05, 0) is 43.4 Å². The van der Waals surface area contributed by atoms with Crippen LogP contribution in [0.2, 0.25) is 0 Å². The Kier molecular flexibility index (Phi) is 4.94. The molecule has 0 radical (unpaired) electrons. The third kappa shape index (κ3) is 3.89. The van der Waals surface area contributed by atoms with Gasteiger partial charge in [0.25, 0.3) is 0 Å². The van der Waals surface area contributed by atoms with E-state index in [0.717, 1.165) is 31.2 Å². The first kappa shape index (κ1) is 16.0. The van der Waals surface area contributed by atoms with Gasteiger partial charge in [-0.15, -0.1) is 0 Å². The summed E-state index contributed by atoms with van der Waals surface area (Å²) in [6, 6.07) is 6.14. The summed E-state index contributed by atoms with van der Waals surface area (Å²) in [6.07, 6.45) is 4.67. The number of piperidine rings is 1. The molecule has 5 heteroatoms. The first-order chi connectivity index (χ1) is 11.1. The lowest BCUT2D eigenvalue weighted by Crippen LogP contribution is -2.46. The molecule has 1 saturated carbocycles. The molecule has 1 aromatic carbocycles. The molecule has 0 spiro atoms. The van der Waals surface area contributed by atoms with Crippen LogP contribution in [0.15, 0.2) is 24.3 Å². The Bertz CT molecular complexity index is 561. The fourth-order valence-corrected chi connectivity index (χ4v) is 3.21. The molecule has 1 aromatic rings. The van der Waals surface area contributed by atoms with E-state index in [1.165, 1.54) is 18.6 Å². The van der Waals surface area contributed by atoms with E-state index in [-0.39, 0.29) is 29.5 Å². The van der Waals surface area contributed by atoms with E-state index in [1.807, 2.05) is 4.90 Å². The normalized spacial score (nSPS) is 19.3. The van der Waals surface area contributed by atoms with Gasteiger partial charge in [0, 0.05) is 31.5 Å². The van der Waals surface area contributed by atoms with Crippen LogP contribution in [0, 0.1) is 17.7 Å². The fourth-order valence-electron chi connectivity index (χ4n) is 3.21. The second-order valence-corrected chi connectivity index (χ2v) is 6.57. The van der Waals surface area contributed by atoms with Crippen molar-refractivity contribution in [3.63, 3.8) is 0 Å². The van der Waals surface area contributed by atoms with Crippen molar-refractivity contribution in [1.29, 1.82) is 0 Å². The number of amides is 2. The maximum atomic E-state index is 12.8. The molecule has 1 N–H and O–H groups in total. The summed E-state index contributed by atoms with van der Waals surface area (Å²) < 4.78 is 12.8. The molecular weight excluding hydrogens is 295 g/mol.